The zero-order valence-corrected chi connectivity index (χ0v) is 15.6. The van der Waals surface area contributed by atoms with E-state index in [-0.39, 0.29) is 0 Å². The SMILES string of the molecule is Cc1ccc(-n2nc(C)cc2NC(=O)Cn2cc([N+](=O)[O-])cc(C#N)c2=O)cc1. The van der Waals surface area contributed by atoms with Gasteiger partial charge in [-0.2, -0.15) is 10.4 Å². The summed E-state index contributed by atoms with van der Waals surface area (Å²) >= 11 is 0. The minimum atomic E-state index is -0.781. The summed E-state index contributed by atoms with van der Waals surface area (Å²) in [5.74, 6) is -0.208. The van der Waals surface area contributed by atoms with E-state index in [9.17, 15) is 19.7 Å². The number of nitriles is 1. The number of rotatable bonds is 5. The third kappa shape index (κ3) is 4.19. The highest BCUT2D eigenvalue weighted by Gasteiger charge is 2.17. The predicted molar refractivity (Wildman–Crippen MR) is 104 cm³/mol. The van der Waals surface area contributed by atoms with Gasteiger partial charge in [-0.15, -0.1) is 0 Å². The van der Waals surface area contributed by atoms with Gasteiger partial charge in [-0.05, 0) is 26.0 Å². The summed E-state index contributed by atoms with van der Waals surface area (Å²) in [5, 5.41) is 27.0. The van der Waals surface area contributed by atoms with Crippen molar-refractivity contribution in [3.8, 4) is 11.8 Å². The molecule has 10 heteroatoms. The second kappa shape index (κ2) is 7.77. The van der Waals surface area contributed by atoms with E-state index in [0.717, 1.165) is 28.1 Å². The molecule has 3 aromatic rings. The molecule has 0 aliphatic heterocycles. The van der Waals surface area contributed by atoms with Crippen molar-refractivity contribution >= 4 is 17.4 Å². The van der Waals surface area contributed by atoms with Crippen LogP contribution in [0.25, 0.3) is 5.69 Å². The van der Waals surface area contributed by atoms with Gasteiger partial charge in [0.15, 0.2) is 0 Å². The first kappa shape index (κ1) is 19.5. The van der Waals surface area contributed by atoms with Gasteiger partial charge in [0.2, 0.25) is 5.91 Å². The molecule has 146 valence electrons. The van der Waals surface area contributed by atoms with E-state index in [1.807, 2.05) is 31.2 Å². The van der Waals surface area contributed by atoms with E-state index >= 15 is 0 Å². The molecule has 0 saturated heterocycles. The van der Waals surface area contributed by atoms with Crippen molar-refractivity contribution < 1.29 is 9.72 Å². The molecule has 3 rings (SSSR count). The van der Waals surface area contributed by atoms with Gasteiger partial charge in [-0.25, -0.2) is 4.68 Å². The van der Waals surface area contributed by atoms with Crippen molar-refractivity contribution in [2.24, 2.45) is 0 Å². The fourth-order valence-corrected chi connectivity index (χ4v) is 2.73. The Morgan fingerprint density at radius 3 is 2.59 bits per heavy atom. The van der Waals surface area contributed by atoms with Crippen LogP contribution >= 0.6 is 0 Å². The second-order valence-corrected chi connectivity index (χ2v) is 6.38. The van der Waals surface area contributed by atoms with Crippen LogP contribution in [-0.4, -0.2) is 25.2 Å². The molecule has 0 aliphatic carbocycles. The van der Waals surface area contributed by atoms with Crippen molar-refractivity contribution in [3.63, 3.8) is 0 Å². The van der Waals surface area contributed by atoms with Crippen LogP contribution in [-0.2, 0) is 11.3 Å². The number of aryl methyl sites for hydroxylation is 2. The standard InChI is InChI=1S/C19H16N6O4/c1-12-3-5-15(6-4-12)24-17(7-13(2)22-24)21-18(26)11-23-10-16(25(28)29)8-14(9-20)19(23)27/h3-8,10H,11H2,1-2H3,(H,21,26). The van der Waals surface area contributed by atoms with Crippen LogP contribution in [0.5, 0.6) is 0 Å². The van der Waals surface area contributed by atoms with Crippen LogP contribution in [0.15, 0.2) is 47.4 Å². The van der Waals surface area contributed by atoms with Crippen molar-refractivity contribution in [1.29, 1.82) is 5.26 Å². The minimum Gasteiger partial charge on any atom is -0.309 e. The molecule has 0 fully saturated rings. The lowest BCUT2D eigenvalue weighted by Crippen LogP contribution is -2.29. The summed E-state index contributed by atoms with van der Waals surface area (Å²) in [6.07, 6.45) is 0.936. The molecule has 29 heavy (non-hydrogen) atoms. The highest BCUT2D eigenvalue weighted by molar-refractivity contribution is 5.90. The van der Waals surface area contributed by atoms with E-state index in [4.69, 9.17) is 5.26 Å². The number of hydrogen-bond donors (Lipinski definition) is 1. The molecule has 10 nitrogen and oxygen atoms in total. The van der Waals surface area contributed by atoms with Gasteiger partial charge in [-0.3, -0.25) is 24.3 Å². The van der Waals surface area contributed by atoms with Gasteiger partial charge in [0, 0.05) is 12.1 Å². The Hall–Kier alpha value is -4.26. The number of nitrogens with zero attached hydrogens (tertiary/aromatic N) is 5. The van der Waals surface area contributed by atoms with Gasteiger partial charge in [0.1, 0.15) is 24.0 Å². The molecule has 0 bridgehead atoms. The Labute approximate surface area is 164 Å². The van der Waals surface area contributed by atoms with Gasteiger partial charge in [0.25, 0.3) is 11.2 Å². The summed E-state index contributed by atoms with van der Waals surface area (Å²) in [6.45, 7) is 3.23. The molecule has 0 atom stereocenters. The Balaban J connectivity index is 1.89. The second-order valence-electron chi connectivity index (χ2n) is 6.38. The molecule has 0 unspecified atom stereocenters. The number of nitrogens with one attached hydrogen (secondary N) is 1. The molecule has 2 aromatic heterocycles. The predicted octanol–water partition coefficient (Wildman–Crippen LogP) is 2.07. The molecule has 0 spiro atoms. The van der Waals surface area contributed by atoms with E-state index in [1.54, 1.807) is 23.7 Å². The Morgan fingerprint density at radius 2 is 1.97 bits per heavy atom. The maximum atomic E-state index is 12.5. The zero-order valence-electron chi connectivity index (χ0n) is 15.6. The number of nitro groups is 1. The van der Waals surface area contributed by atoms with Gasteiger partial charge in [-0.1, -0.05) is 17.7 Å². The van der Waals surface area contributed by atoms with Crippen LogP contribution in [0.2, 0.25) is 0 Å². The summed E-state index contributed by atoms with van der Waals surface area (Å²) < 4.78 is 2.38. The van der Waals surface area contributed by atoms with Crippen molar-refractivity contribution in [2.45, 2.75) is 20.4 Å². The van der Waals surface area contributed by atoms with Crippen molar-refractivity contribution in [2.75, 3.05) is 5.32 Å². The molecule has 0 radical (unpaired) electrons. The van der Waals surface area contributed by atoms with E-state index in [1.165, 1.54) is 0 Å². The fourth-order valence-electron chi connectivity index (χ4n) is 2.73. The number of amides is 1. The van der Waals surface area contributed by atoms with E-state index in [0.29, 0.717) is 11.5 Å². The molecular formula is C19H16N6O4. The number of carbonyl (C=O) groups is 1. The quantitative estimate of drug-likeness (QED) is 0.521. The topological polar surface area (TPSA) is 136 Å². The number of pyridine rings is 1. The maximum Gasteiger partial charge on any atom is 0.287 e. The summed E-state index contributed by atoms with van der Waals surface area (Å²) in [4.78, 5) is 35.0. The van der Waals surface area contributed by atoms with E-state index in [2.05, 4.69) is 10.4 Å². The number of hydrogen-bond acceptors (Lipinski definition) is 6. The monoisotopic (exact) mass is 392 g/mol. The van der Waals surface area contributed by atoms with Crippen LogP contribution < -0.4 is 10.9 Å². The van der Waals surface area contributed by atoms with Gasteiger partial charge in [0.05, 0.1) is 22.5 Å². The number of anilines is 1. The molecule has 1 N–H and O–H groups in total. The number of aromatic nitrogens is 3. The number of carbonyl (C=O) groups excluding carboxylic acids is 1. The van der Waals surface area contributed by atoms with E-state index < -0.39 is 34.2 Å². The average Bonchev–Trinajstić information content (AvgIpc) is 3.03. The smallest absolute Gasteiger partial charge is 0.287 e. The lowest BCUT2D eigenvalue weighted by Gasteiger charge is -2.10. The van der Waals surface area contributed by atoms with Crippen molar-refractivity contribution in [3.05, 3.63) is 79.9 Å². The molecule has 2 heterocycles. The van der Waals surface area contributed by atoms with Crippen LogP contribution in [0.1, 0.15) is 16.8 Å². The fraction of sp³-hybridized carbons (Fsp3) is 0.158. The van der Waals surface area contributed by atoms with Crippen LogP contribution in [0.4, 0.5) is 11.5 Å². The summed E-state index contributed by atoms with van der Waals surface area (Å²) in [5.41, 5.74) is 0.832. The summed E-state index contributed by atoms with van der Waals surface area (Å²) in [7, 11) is 0. The number of benzene rings is 1. The molecule has 0 saturated carbocycles. The normalized spacial score (nSPS) is 10.4. The van der Waals surface area contributed by atoms with Gasteiger partial charge >= 0.3 is 0 Å². The lowest BCUT2D eigenvalue weighted by atomic mass is 10.2. The first-order chi connectivity index (χ1) is 13.8. The Kier molecular flexibility index (Phi) is 5.23. The first-order valence-electron chi connectivity index (χ1n) is 8.51. The zero-order chi connectivity index (χ0) is 21.1. The maximum absolute atomic E-state index is 12.5. The van der Waals surface area contributed by atoms with Crippen molar-refractivity contribution in [1.82, 2.24) is 14.3 Å². The highest BCUT2D eigenvalue weighted by atomic mass is 16.6. The largest absolute Gasteiger partial charge is 0.309 e. The first-order valence-corrected chi connectivity index (χ1v) is 8.51. The highest BCUT2D eigenvalue weighted by Crippen LogP contribution is 2.18. The summed E-state index contributed by atoms with van der Waals surface area (Å²) in [6, 6.07) is 11.7. The third-order valence-electron chi connectivity index (χ3n) is 4.09. The van der Waals surface area contributed by atoms with Crippen LogP contribution in [0, 0.1) is 35.3 Å². The minimum absolute atomic E-state index is 0.385. The lowest BCUT2D eigenvalue weighted by molar-refractivity contribution is -0.385. The Bertz CT molecular complexity index is 1200. The molecule has 1 amide bonds. The van der Waals surface area contributed by atoms with Gasteiger partial charge < -0.3 is 5.32 Å². The molecule has 0 aliphatic rings. The molecular weight excluding hydrogens is 376 g/mol. The van der Waals surface area contributed by atoms with Crippen LogP contribution in [0.3, 0.4) is 0 Å². The average molecular weight is 392 g/mol. The Morgan fingerprint density at radius 1 is 1.28 bits per heavy atom. The third-order valence-corrected chi connectivity index (χ3v) is 4.09. The molecule has 1 aromatic carbocycles.